The molecule has 1 saturated heterocycles. The summed E-state index contributed by atoms with van der Waals surface area (Å²) in [6.07, 6.45) is 4.98. The number of para-hydroxylation sites is 2. The van der Waals surface area contributed by atoms with Crippen LogP contribution in [0.5, 0.6) is 5.75 Å². The van der Waals surface area contributed by atoms with E-state index in [9.17, 15) is 14.4 Å². The molecule has 0 aromatic heterocycles. The third-order valence-electron chi connectivity index (χ3n) is 4.28. The van der Waals surface area contributed by atoms with E-state index in [1.165, 1.54) is 7.11 Å². The summed E-state index contributed by atoms with van der Waals surface area (Å²) in [5, 5.41) is 2.69. The van der Waals surface area contributed by atoms with Gasteiger partial charge < -0.3 is 10.1 Å². The van der Waals surface area contributed by atoms with Crippen molar-refractivity contribution >= 4 is 23.4 Å². The van der Waals surface area contributed by atoms with E-state index in [0.717, 1.165) is 4.90 Å². The molecule has 6 heteroatoms. The van der Waals surface area contributed by atoms with Gasteiger partial charge in [0.2, 0.25) is 17.7 Å². The Hall–Kier alpha value is -2.63. The summed E-state index contributed by atoms with van der Waals surface area (Å²) in [4.78, 5) is 37.9. The van der Waals surface area contributed by atoms with E-state index in [-0.39, 0.29) is 30.2 Å². The molecule has 1 fully saturated rings. The molecule has 0 spiro atoms. The molecule has 0 bridgehead atoms. The van der Waals surface area contributed by atoms with E-state index in [1.807, 2.05) is 12.2 Å². The van der Waals surface area contributed by atoms with Gasteiger partial charge in [-0.25, -0.2) is 0 Å². The minimum Gasteiger partial charge on any atom is -0.495 e. The molecule has 1 heterocycles. The molecule has 3 amide bonds. The van der Waals surface area contributed by atoms with Crippen molar-refractivity contribution in [1.29, 1.82) is 0 Å². The zero-order valence-electron chi connectivity index (χ0n) is 12.8. The van der Waals surface area contributed by atoms with Crippen LogP contribution in [0.1, 0.15) is 12.8 Å². The maximum atomic E-state index is 12.3. The van der Waals surface area contributed by atoms with Gasteiger partial charge >= 0.3 is 0 Å². The predicted octanol–water partition coefficient (Wildman–Crippen LogP) is 1.58. The van der Waals surface area contributed by atoms with Gasteiger partial charge in [-0.2, -0.15) is 0 Å². The summed E-state index contributed by atoms with van der Waals surface area (Å²) < 4.78 is 5.17. The van der Waals surface area contributed by atoms with Crippen LogP contribution in [0.15, 0.2) is 36.4 Å². The molecule has 1 aromatic rings. The number of nitrogens with zero attached hydrogens (tertiary/aromatic N) is 1. The molecule has 0 radical (unpaired) electrons. The van der Waals surface area contributed by atoms with E-state index >= 15 is 0 Å². The van der Waals surface area contributed by atoms with Crippen molar-refractivity contribution in [3.8, 4) is 5.75 Å². The number of carbonyl (C=O) groups excluding carboxylic acids is 3. The van der Waals surface area contributed by atoms with E-state index in [4.69, 9.17) is 4.74 Å². The number of ether oxygens (including phenoxy) is 1. The highest BCUT2D eigenvalue weighted by Gasteiger charge is 2.47. The number of benzene rings is 1. The Morgan fingerprint density at radius 3 is 2.39 bits per heavy atom. The summed E-state index contributed by atoms with van der Waals surface area (Å²) in [5.41, 5.74) is 0.512. The Kier molecular flexibility index (Phi) is 4.14. The molecule has 1 aliphatic carbocycles. The quantitative estimate of drug-likeness (QED) is 0.676. The molecule has 23 heavy (non-hydrogen) atoms. The van der Waals surface area contributed by atoms with Crippen LogP contribution < -0.4 is 10.1 Å². The first-order valence-electron chi connectivity index (χ1n) is 7.55. The van der Waals surface area contributed by atoms with Crippen molar-refractivity contribution in [1.82, 2.24) is 4.90 Å². The molecule has 1 N–H and O–H groups in total. The van der Waals surface area contributed by atoms with Crippen LogP contribution >= 0.6 is 0 Å². The molecule has 2 aliphatic rings. The number of rotatable bonds is 4. The number of allylic oxidation sites excluding steroid dienone is 2. The Labute approximate surface area is 134 Å². The molecule has 3 rings (SSSR count). The Bertz CT molecular complexity index is 657. The zero-order valence-corrected chi connectivity index (χ0v) is 12.8. The van der Waals surface area contributed by atoms with Crippen LogP contribution in [0.4, 0.5) is 5.69 Å². The first-order chi connectivity index (χ1) is 11.1. The third kappa shape index (κ3) is 2.84. The standard InChI is InChI=1S/C17H18N2O4/c1-23-14-9-5-4-8-13(14)18-15(20)10-19-16(21)11-6-2-3-7-12(11)17(19)22/h2-5,8-9,11-12H,6-7,10H2,1H3,(H,18,20)/t11-,12-/m0/s1. The summed E-state index contributed by atoms with van der Waals surface area (Å²) >= 11 is 0. The van der Waals surface area contributed by atoms with E-state index in [2.05, 4.69) is 5.32 Å². The van der Waals surface area contributed by atoms with Gasteiger partial charge in [0, 0.05) is 0 Å². The van der Waals surface area contributed by atoms with E-state index in [1.54, 1.807) is 24.3 Å². The summed E-state index contributed by atoms with van der Waals surface area (Å²) in [6, 6.07) is 6.99. The smallest absolute Gasteiger partial charge is 0.244 e. The molecule has 0 saturated carbocycles. The van der Waals surface area contributed by atoms with Crippen LogP contribution in [0, 0.1) is 11.8 Å². The number of likely N-dealkylation sites (tertiary alicyclic amines) is 1. The molecule has 1 aromatic carbocycles. The average molecular weight is 314 g/mol. The Balaban J connectivity index is 1.68. The number of fused-ring (bicyclic) bond motifs is 1. The molecule has 1 aliphatic heterocycles. The minimum atomic E-state index is -0.414. The number of imide groups is 1. The van der Waals surface area contributed by atoms with Crippen molar-refractivity contribution in [3.63, 3.8) is 0 Å². The maximum absolute atomic E-state index is 12.3. The molecule has 2 atom stereocenters. The second-order valence-electron chi connectivity index (χ2n) is 5.67. The van der Waals surface area contributed by atoms with Crippen LogP contribution in [0.25, 0.3) is 0 Å². The zero-order chi connectivity index (χ0) is 16.4. The van der Waals surface area contributed by atoms with E-state index < -0.39 is 5.91 Å². The van der Waals surface area contributed by atoms with Crippen molar-refractivity contribution in [3.05, 3.63) is 36.4 Å². The number of anilines is 1. The maximum Gasteiger partial charge on any atom is 0.244 e. The fourth-order valence-corrected chi connectivity index (χ4v) is 3.11. The number of amides is 3. The van der Waals surface area contributed by atoms with Crippen LogP contribution in [-0.2, 0) is 14.4 Å². The Morgan fingerprint density at radius 2 is 1.78 bits per heavy atom. The van der Waals surface area contributed by atoms with Gasteiger partial charge in [-0.3, -0.25) is 19.3 Å². The molecule has 120 valence electrons. The first kappa shape index (κ1) is 15.3. The lowest BCUT2D eigenvalue weighted by Crippen LogP contribution is -2.38. The van der Waals surface area contributed by atoms with Gasteiger partial charge in [-0.05, 0) is 25.0 Å². The highest BCUT2D eigenvalue weighted by molar-refractivity contribution is 6.09. The van der Waals surface area contributed by atoms with Gasteiger partial charge in [0.25, 0.3) is 0 Å². The van der Waals surface area contributed by atoms with Crippen molar-refractivity contribution in [2.24, 2.45) is 11.8 Å². The largest absolute Gasteiger partial charge is 0.495 e. The number of carbonyl (C=O) groups is 3. The van der Waals surface area contributed by atoms with E-state index in [0.29, 0.717) is 24.3 Å². The van der Waals surface area contributed by atoms with Gasteiger partial charge in [-0.15, -0.1) is 0 Å². The van der Waals surface area contributed by atoms with Gasteiger partial charge in [-0.1, -0.05) is 24.3 Å². The molecule has 0 unspecified atom stereocenters. The first-order valence-corrected chi connectivity index (χ1v) is 7.55. The fraction of sp³-hybridized carbons (Fsp3) is 0.353. The molecular formula is C17H18N2O4. The lowest BCUT2D eigenvalue weighted by Gasteiger charge is -2.15. The summed E-state index contributed by atoms with van der Waals surface area (Å²) in [5.74, 6) is -1.02. The van der Waals surface area contributed by atoms with Gasteiger partial charge in [0.1, 0.15) is 12.3 Å². The number of hydrogen-bond acceptors (Lipinski definition) is 4. The minimum absolute atomic E-state index is 0.250. The second-order valence-corrected chi connectivity index (χ2v) is 5.67. The van der Waals surface area contributed by atoms with Crippen LogP contribution in [0.3, 0.4) is 0 Å². The lowest BCUT2D eigenvalue weighted by molar-refractivity contribution is -0.142. The van der Waals surface area contributed by atoms with Crippen molar-refractivity contribution in [2.45, 2.75) is 12.8 Å². The highest BCUT2D eigenvalue weighted by Crippen LogP contribution is 2.35. The van der Waals surface area contributed by atoms with Gasteiger partial charge in [0.15, 0.2) is 0 Å². The second kappa shape index (κ2) is 6.24. The topological polar surface area (TPSA) is 75.7 Å². The molecular weight excluding hydrogens is 296 g/mol. The number of hydrogen-bond donors (Lipinski definition) is 1. The SMILES string of the molecule is COc1ccccc1NC(=O)CN1C(=O)[C@H]2CC=CC[C@@H]2C1=O. The third-order valence-corrected chi connectivity index (χ3v) is 4.28. The summed E-state index contributed by atoms with van der Waals surface area (Å²) in [7, 11) is 1.51. The van der Waals surface area contributed by atoms with Crippen molar-refractivity contribution in [2.75, 3.05) is 19.0 Å². The highest BCUT2D eigenvalue weighted by atomic mass is 16.5. The monoisotopic (exact) mass is 314 g/mol. The number of methoxy groups -OCH3 is 1. The van der Waals surface area contributed by atoms with Crippen LogP contribution in [0.2, 0.25) is 0 Å². The lowest BCUT2D eigenvalue weighted by atomic mass is 9.85. The average Bonchev–Trinajstić information content (AvgIpc) is 2.81. The molecule has 6 nitrogen and oxygen atoms in total. The summed E-state index contributed by atoms with van der Waals surface area (Å²) in [6.45, 7) is -0.261. The normalized spacial score (nSPS) is 22.9. The fourth-order valence-electron chi connectivity index (χ4n) is 3.11. The van der Waals surface area contributed by atoms with Crippen LogP contribution in [-0.4, -0.2) is 36.3 Å². The number of nitrogens with one attached hydrogen (secondary N) is 1. The van der Waals surface area contributed by atoms with Crippen molar-refractivity contribution < 1.29 is 19.1 Å². The van der Waals surface area contributed by atoms with Gasteiger partial charge in [0.05, 0.1) is 24.6 Å². The predicted molar refractivity (Wildman–Crippen MR) is 83.7 cm³/mol. The Morgan fingerprint density at radius 1 is 1.17 bits per heavy atom.